The van der Waals surface area contributed by atoms with Crippen molar-refractivity contribution in [3.63, 3.8) is 0 Å². The summed E-state index contributed by atoms with van der Waals surface area (Å²) in [6.45, 7) is 2.57. The average molecular weight is 223 g/mol. The fraction of sp³-hybridized carbons (Fsp3) is 0.538. The first kappa shape index (κ1) is 11.6. The van der Waals surface area contributed by atoms with Crippen molar-refractivity contribution in [2.75, 3.05) is 6.54 Å². The zero-order chi connectivity index (χ0) is 11.6. The Morgan fingerprint density at radius 1 is 1.50 bits per heavy atom. The Kier molecular flexibility index (Phi) is 3.26. The molecule has 1 aromatic rings. The van der Waals surface area contributed by atoms with Crippen molar-refractivity contribution in [1.82, 2.24) is 5.32 Å². The van der Waals surface area contributed by atoms with Gasteiger partial charge in [-0.15, -0.1) is 0 Å². The maximum absolute atomic E-state index is 13.0. The highest BCUT2D eigenvalue weighted by atomic mass is 19.1. The molecule has 0 saturated heterocycles. The van der Waals surface area contributed by atoms with Crippen LogP contribution in [0.1, 0.15) is 37.8 Å². The van der Waals surface area contributed by atoms with E-state index in [9.17, 15) is 9.50 Å². The molecule has 0 bridgehead atoms. The molecule has 1 atom stereocenters. The van der Waals surface area contributed by atoms with Gasteiger partial charge < -0.3 is 10.4 Å². The van der Waals surface area contributed by atoms with Gasteiger partial charge in [0.25, 0.3) is 0 Å². The number of hydrogen-bond acceptors (Lipinski definition) is 2. The van der Waals surface area contributed by atoms with E-state index >= 15 is 0 Å². The molecule has 1 fully saturated rings. The van der Waals surface area contributed by atoms with Gasteiger partial charge in [-0.2, -0.15) is 0 Å². The third-order valence-corrected chi connectivity index (χ3v) is 3.37. The predicted molar refractivity (Wildman–Crippen MR) is 61.6 cm³/mol. The van der Waals surface area contributed by atoms with Crippen molar-refractivity contribution in [3.05, 3.63) is 35.6 Å². The molecule has 1 aromatic carbocycles. The second-order valence-electron chi connectivity index (χ2n) is 4.74. The maximum Gasteiger partial charge on any atom is 0.123 e. The van der Waals surface area contributed by atoms with E-state index < -0.39 is 5.60 Å². The van der Waals surface area contributed by atoms with E-state index in [0.717, 1.165) is 24.8 Å². The highest BCUT2D eigenvalue weighted by Gasteiger charge is 2.34. The monoisotopic (exact) mass is 223 g/mol. The number of hydrogen-bond donors (Lipinski definition) is 2. The molecule has 2 rings (SSSR count). The van der Waals surface area contributed by atoms with Gasteiger partial charge in [-0.3, -0.25) is 0 Å². The lowest BCUT2D eigenvalue weighted by atomic mass is 9.80. The molecule has 1 saturated carbocycles. The quantitative estimate of drug-likeness (QED) is 0.821. The van der Waals surface area contributed by atoms with E-state index in [1.165, 1.54) is 12.1 Å². The molecule has 0 aliphatic heterocycles. The molecule has 0 heterocycles. The van der Waals surface area contributed by atoms with Crippen molar-refractivity contribution in [2.24, 2.45) is 0 Å². The Labute approximate surface area is 95.5 Å². The standard InChI is InChI=1S/C13H18FNO/c1-10(11-4-2-5-12(14)8-11)15-9-13(16)6-3-7-13/h2,4-5,8,10,15-16H,3,6-7,9H2,1H3. The van der Waals surface area contributed by atoms with Crippen LogP contribution in [0.4, 0.5) is 4.39 Å². The molecule has 0 amide bonds. The van der Waals surface area contributed by atoms with Crippen LogP contribution in [0.15, 0.2) is 24.3 Å². The largest absolute Gasteiger partial charge is 0.389 e. The summed E-state index contributed by atoms with van der Waals surface area (Å²) in [6.07, 6.45) is 2.85. The molecule has 88 valence electrons. The minimum absolute atomic E-state index is 0.0697. The third-order valence-electron chi connectivity index (χ3n) is 3.37. The molecular formula is C13H18FNO. The second kappa shape index (κ2) is 4.52. The van der Waals surface area contributed by atoms with Crippen LogP contribution < -0.4 is 5.32 Å². The summed E-state index contributed by atoms with van der Waals surface area (Å²) in [7, 11) is 0. The first-order chi connectivity index (χ1) is 7.59. The molecule has 16 heavy (non-hydrogen) atoms. The topological polar surface area (TPSA) is 32.3 Å². The fourth-order valence-electron chi connectivity index (χ4n) is 2.00. The Balaban J connectivity index is 1.90. The molecule has 0 spiro atoms. The summed E-state index contributed by atoms with van der Waals surface area (Å²) < 4.78 is 13.0. The van der Waals surface area contributed by atoms with Crippen LogP contribution >= 0.6 is 0 Å². The molecular weight excluding hydrogens is 205 g/mol. The zero-order valence-electron chi connectivity index (χ0n) is 9.54. The van der Waals surface area contributed by atoms with Crippen LogP contribution in [0, 0.1) is 5.82 Å². The Morgan fingerprint density at radius 2 is 2.25 bits per heavy atom. The van der Waals surface area contributed by atoms with Crippen molar-refractivity contribution in [3.8, 4) is 0 Å². The van der Waals surface area contributed by atoms with Crippen LogP contribution in [0.5, 0.6) is 0 Å². The average Bonchev–Trinajstić information content (AvgIpc) is 2.23. The summed E-state index contributed by atoms with van der Waals surface area (Å²) in [5, 5.41) is 13.2. The Morgan fingerprint density at radius 3 is 2.81 bits per heavy atom. The zero-order valence-corrected chi connectivity index (χ0v) is 9.54. The van der Waals surface area contributed by atoms with Crippen molar-refractivity contribution >= 4 is 0 Å². The minimum Gasteiger partial charge on any atom is -0.389 e. The molecule has 3 heteroatoms. The third kappa shape index (κ3) is 2.60. The van der Waals surface area contributed by atoms with Crippen LogP contribution in [0.3, 0.4) is 0 Å². The smallest absolute Gasteiger partial charge is 0.123 e. The Bertz CT molecular complexity index is 363. The van der Waals surface area contributed by atoms with Gasteiger partial charge in [0.2, 0.25) is 0 Å². The van der Waals surface area contributed by atoms with Crippen LogP contribution in [-0.2, 0) is 0 Å². The van der Waals surface area contributed by atoms with Gasteiger partial charge >= 0.3 is 0 Å². The maximum atomic E-state index is 13.0. The molecule has 2 nitrogen and oxygen atoms in total. The van der Waals surface area contributed by atoms with Gasteiger partial charge in [-0.05, 0) is 43.9 Å². The summed E-state index contributed by atoms with van der Waals surface area (Å²) in [4.78, 5) is 0. The van der Waals surface area contributed by atoms with E-state index in [0.29, 0.717) is 6.54 Å². The van der Waals surface area contributed by atoms with E-state index in [4.69, 9.17) is 0 Å². The molecule has 1 aliphatic carbocycles. The van der Waals surface area contributed by atoms with E-state index in [-0.39, 0.29) is 11.9 Å². The number of aliphatic hydroxyl groups is 1. The summed E-state index contributed by atoms with van der Waals surface area (Å²) in [6, 6.07) is 6.64. The van der Waals surface area contributed by atoms with Gasteiger partial charge in [-0.1, -0.05) is 12.1 Å². The summed E-state index contributed by atoms with van der Waals surface area (Å²) in [5.74, 6) is -0.214. The van der Waals surface area contributed by atoms with E-state index in [1.807, 2.05) is 13.0 Å². The summed E-state index contributed by atoms with van der Waals surface area (Å²) in [5.41, 5.74) is 0.393. The molecule has 1 aliphatic rings. The first-order valence-electron chi connectivity index (χ1n) is 5.80. The lowest BCUT2D eigenvalue weighted by Gasteiger charge is -2.37. The van der Waals surface area contributed by atoms with Crippen LogP contribution in [0.25, 0.3) is 0 Å². The van der Waals surface area contributed by atoms with E-state index in [1.54, 1.807) is 6.07 Å². The number of halogens is 1. The van der Waals surface area contributed by atoms with Gasteiger partial charge in [0, 0.05) is 12.6 Å². The first-order valence-corrected chi connectivity index (χ1v) is 5.80. The fourth-order valence-corrected chi connectivity index (χ4v) is 2.00. The molecule has 2 N–H and O–H groups in total. The van der Waals surface area contributed by atoms with Crippen molar-refractivity contribution in [1.29, 1.82) is 0 Å². The number of benzene rings is 1. The lowest BCUT2D eigenvalue weighted by Crippen LogP contribution is -2.46. The van der Waals surface area contributed by atoms with Gasteiger partial charge in [0.15, 0.2) is 0 Å². The lowest BCUT2D eigenvalue weighted by molar-refractivity contribution is -0.0329. The second-order valence-corrected chi connectivity index (χ2v) is 4.74. The Hall–Kier alpha value is -0.930. The van der Waals surface area contributed by atoms with Gasteiger partial charge in [0.05, 0.1) is 5.60 Å². The van der Waals surface area contributed by atoms with Crippen molar-refractivity contribution in [2.45, 2.75) is 37.8 Å². The molecule has 0 aromatic heterocycles. The highest BCUT2D eigenvalue weighted by Crippen LogP contribution is 2.31. The molecule has 1 unspecified atom stereocenters. The van der Waals surface area contributed by atoms with E-state index in [2.05, 4.69) is 5.32 Å². The summed E-state index contributed by atoms with van der Waals surface area (Å²) >= 11 is 0. The van der Waals surface area contributed by atoms with Crippen molar-refractivity contribution < 1.29 is 9.50 Å². The normalized spacial score (nSPS) is 20.2. The van der Waals surface area contributed by atoms with Crippen LogP contribution in [0.2, 0.25) is 0 Å². The van der Waals surface area contributed by atoms with Gasteiger partial charge in [-0.25, -0.2) is 4.39 Å². The minimum atomic E-state index is -0.526. The predicted octanol–water partition coefficient (Wildman–Crippen LogP) is 2.39. The molecule has 0 radical (unpaired) electrons. The highest BCUT2D eigenvalue weighted by molar-refractivity contribution is 5.19. The number of rotatable bonds is 4. The van der Waals surface area contributed by atoms with Crippen LogP contribution in [-0.4, -0.2) is 17.3 Å². The van der Waals surface area contributed by atoms with Gasteiger partial charge in [0.1, 0.15) is 5.82 Å². The number of nitrogens with one attached hydrogen (secondary N) is 1. The SMILES string of the molecule is CC(NCC1(O)CCC1)c1cccc(F)c1.